The maximum absolute atomic E-state index is 11.5. The Balaban J connectivity index is 2.80. The SMILES string of the molecule is CCC(N)C(=O)Nc1cc(C)ccc1O. The fraction of sp³-hybridized carbons (Fsp3) is 0.364. The summed E-state index contributed by atoms with van der Waals surface area (Å²) in [6.07, 6.45) is 0.568. The van der Waals surface area contributed by atoms with Crippen LogP contribution in [-0.4, -0.2) is 17.1 Å². The molecule has 0 aliphatic heterocycles. The van der Waals surface area contributed by atoms with E-state index in [1.165, 1.54) is 0 Å². The van der Waals surface area contributed by atoms with Crippen LogP contribution in [0.3, 0.4) is 0 Å². The number of aromatic hydroxyl groups is 1. The minimum atomic E-state index is -0.537. The molecular weight excluding hydrogens is 192 g/mol. The lowest BCUT2D eigenvalue weighted by Gasteiger charge is -2.11. The van der Waals surface area contributed by atoms with Crippen molar-refractivity contribution in [3.05, 3.63) is 23.8 Å². The van der Waals surface area contributed by atoms with Crippen molar-refractivity contribution in [1.29, 1.82) is 0 Å². The first kappa shape index (κ1) is 11.5. The van der Waals surface area contributed by atoms with Gasteiger partial charge < -0.3 is 16.2 Å². The second-order valence-electron chi connectivity index (χ2n) is 3.52. The van der Waals surface area contributed by atoms with Gasteiger partial charge in [0.1, 0.15) is 5.75 Å². The molecule has 0 spiro atoms. The van der Waals surface area contributed by atoms with E-state index in [1.807, 2.05) is 13.8 Å². The van der Waals surface area contributed by atoms with E-state index in [2.05, 4.69) is 5.32 Å². The van der Waals surface area contributed by atoms with Gasteiger partial charge in [0.05, 0.1) is 11.7 Å². The molecule has 0 fully saturated rings. The quantitative estimate of drug-likeness (QED) is 0.657. The highest BCUT2D eigenvalue weighted by Crippen LogP contribution is 2.23. The third kappa shape index (κ3) is 2.95. The summed E-state index contributed by atoms with van der Waals surface area (Å²) in [4.78, 5) is 11.5. The Morgan fingerprint density at radius 3 is 2.87 bits per heavy atom. The zero-order valence-corrected chi connectivity index (χ0v) is 8.95. The summed E-state index contributed by atoms with van der Waals surface area (Å²) in [6, 6.07) is 4.48. The number of carbonyl (C=O) groups is 1. The Bertz CT molecular complexity index is 364. The highest BCUT2D eigenvalue weighted by molar-refractivity contribution is 5.95. The van der Waals surface area contributed by atoms with Gasteiger partial charge in [-0.05, 0) is 31.0 Å². The second kappa shape index (κ2) is 4.79. The molecule has 1 rings (SSSR count). The molecule has 1 unspecified atom stereocenters. The molecule has 4 heteroatoms. The van der Waals surface area contributed by atoms with Crippen LogP contribution in [0.4, 0.5) is 5.69 Å². The summed E-state index contributed by atoms with van der Waals surface area (Å²) in [5.41, 5.74) is 6.93. The molecule has 0 aromatic heterocycles. The summed E-state index contributed by atoms with van der Waals surface area (Å²) in [7, 11) is 0. The van der Waals surface area contributed by atoms with Gasteiger partial charge in [-0.1, -0.05) is 13.0 Å². The highest BCUT2D eigenvalue weighted by atomic mass is 16.3. The molecule has 4 nitrogen and oxygen atoms in total. The van der Waals surface area contributed by atoms with Crippen LogP contribution in [-0.2, 0) is 4.79 Å². The Labute approximate surface area is 89.1 Å². The number of nitrogens with one attached hydrogen (secondary N) is 1. The highest BCUT2D eigenvalue weighted by Gasteiger charge is 2.12. The number of hydrogen-bond donors (Lipinski definition) is 3. The minimum absolute atomic E-state index is 0.0530. The Morgan fingerprint density at radius 2 is 2.27 bits per heavy atom. The van der Waals surface area contributed by atoms with Gasteiger partial charge in [-0.3, -0.25) is 4.79 Å². The lowest BCUT2D eigenvalue weighted by atomic mass is 10.2. The van der Waals surface area contributed by atoms with E-state index < -0.39 is 6.04 Å². The third-order valence-corrected chi connectivity index (χ3v) is 2.19. The van der Waals surface area contributed by atoms with E-state index >= 15 is 0 Å². The Hall–Kier alpha value is -1.55. The lowest BCUT2D eigenvalue weighted by molar-refractivity contribution is -0.117. The monoisotopic (exact) mass is 208 g/mol. The molecule has 1 aromatic carbocycles. The molecular formula is C11H16N2O2. The van der Waals surface area contributed by atoms with Crippen molar-refractivity contribution in [1.82, 2.24) is 0 Å². The molecule has 0 bridgehead atoms. The molecule has 15 heavy (non-hydrogen) atoms. The van der Waals surface area contributed by atoms with Gasteiger partial charge in [-0.25, -0.2) is 0 Å². The summed E-state index contributed by atoms with van der Waals surface area (Å²) < 4.78 is 0. The zero-order valence-electron chi connectivity index (χ0n) is 8.95. The van der Waals surface area contributed by atoms with Crippen LogP contribution in [0.1, 0.15) is 18.9 Å². The molecule has 1 aromatic rings. The topological polar surface area (TPSA) is 75.4 Å². The van der Waals surface area contributed by atoms with Crippen LogP contribution in [0.15, 0.2) is 18.2 Å². The predicted molar refractivity (Wildman–Crippen MR) is 59.7 cm³/mol. The van der Waals surface area contributed by atoms with Gasteiger partial charge >= 0.3 is 0 Å². The van der Waals surface area contributed by atoms with Gasteiger partial charge in [-0.15, -0.1) is 0 Å². The zero-order chi connectivity index (χ0) is 11.4. The largest absolute Gasteiger partial charge is 0.506 e. The van der Waals surface area contributed by atoms with Crippen molar-refractivity contribution in [2.75, 3.05) is 5.32 Å². The van der Waals surface area contributed by atoms with E-state index in [9.17, 15) is 9.90 Å². The molecule has 0 aliphatic rings. The van der Waals surface area contributed by atoms with Crippen LogP contribution in [0, 0.1) is 6.92 Å². The third-order valence-electron chi connectivity index (χ3n) is 2.19. The predicted octanol–water partition coefficient (Wildman–Crippen LogP) is 1.38. The van der Waals surface area contributed by atoms with Crippen LogP contribution >= 0.6 is 0 Å². The number of hydrogen-bond acceptors (Lipinski definition) is 3. The number of benzene rings is 1. The number of amides is 1. The van der Waals surface area contributed by atoms with Crippen molar-refractivity contribution in [3.8, 4) is 5.75 Å². The van der Waals surface area contributed by atoms with Crippen molar-refractivity contribution >= 4 is 11.6 Å². The van der Waals surface area contributed by atoms with Crippen molar-refractivity contribution in [2.45, 2.75) is 26.3 Å². The average Bonchev–Trinajstić information content (AvgIpc) is 2.22. The van der Waals surface area contributed by atoms with Crippen LogP contribution in [0.25, 0.3) is 0 Å². The molecule has 0 aliphatic carbocycles. The fourth-order valence-corrected chi connectivity index (χ4v) is 1.16. The van der Waals surface area contributed by atoms with Crippen molar-refractivity contribution < 1.29 is 9.90 Å². The normalized spacial score (nSPS) is 12.2. The van der Waals surface area contributed by atoms with Gasteiger partial charge in [0.15, 0.2) is 0 Å². The molecule has 82 valence electrons. The number of aryl methyl sites for hydroxylation is 1. The van der Waals surface area contributed by atoms with E-state index in [0.29, 0.717) is 12.1 Å². The summed E-state index contributed by atoms with van der Waals surface area (Å²) in [5, 5.41) is 12.1. The maximum Gasteiger partial charge on any atom is 0.241 e. The van der Waals surface area contributed by atoms with Crippen LogP contribution in [0.5, 0.6) is 5.75 Å². The fourth-order valence-electron chi connectivity index (χ4n) is 1.16. The molecule has 0 heterocycles. The Kier molecular flexibility index (Phi) is 3.68. The number of phenolic OH excluding ortho intramolecular Hbond substituents is 1. The Morgan fingerprint density at radius 1 is 1.60 bits per heavy atom. The summed E-state index contributed by atoms with van der Waals surface area (Å²) >= 11 is 0. The maximum atomic E-state index is 11.5. The molecule has 0 saturated carbocycles. The summed E-state index contributed by atoms with van der Waals surface area (Å²) in [5.74, 6) is -0.226. The van der Waals surface area contributed by atoms with Gasteiger partial charge in [-0.2, -0.15) is 0 Å². The number of rotatable bonds is 3. The van der Waals surface area contributed by atoms with Gasteiger partial charge in [0.2, 0.25) is 5.91 Å². The standard InChI is InChI=1S/C11H16N2O2/c1-3-8(12)11(15)13-9-6-7(2)4-5-10(9)14/h4-6,8,14H,3,12H2,1-2H3,(H,13,15). The smallest absolute Gasteiger partial charge is 0.241 e. The van der Waals surface area contributed by atoms with Gasteiger partial charge in [0.25, 0.3) is 0 Å². The number of carbonyl (C=O) groups excluding carboxylic acids is 1. The van der Waals surface area contributed by atoms with Crippen LogP contribution in [0.2, 0.25) is 0 Å². The van der Waals surface area contributed by atoms with E-state index in [1.54, 1.807) is 18.2 Å². The van der Waals surface area contributed by atoms with E-state index in [4.69, 9.17) is 5.73 Å². The van der Waals surface area contributed by atoms with Crippen molar-refractivity contribution in [3.63, 3.8) is 0 Å². The minimum Gasteiger partial charge on any atom is -0.506 e. The first-order valence-electron chi connectivity index (χ1n) is 4.90. The molecule has 0 saturated heterocycles. The second-order valence-corrected chi connectivity index (χ2v) is 3.52. The molecule has 1 amide bonds. The van der Waals surface area contributed by atoms with Crippen LogP contribution < -0.4 is 11.1 Å². The number of nitrogens with two attached hydrogens (primary N) is 1. The summed E-state index contributed by atoms with van der Waals surface area (Å²) in [6.45, 7) is 3.72. The average molecular weight is 208 g/mol. The number of anilines is 1. The van der Waals surface area contributed by atoms with Crippen molar-refractivity contribution in [2.24, 2.45) is 5.73 Å². The van der Waals surface area contributed by atoms with E-state index in [-0.39, 0.29) is 11.7 Å². The van der Waals surface area contributed by atoms with Gasteiger partial charge in [0, 0.05) is 0 Å². The first-order chi connectivity index (χ1) is 7.04. The molecule has 4 N–H and O–H groups in total. The molecule has 1 atom stereocenters. The molecule has 0 radical (unpaired) electrons. The lowest BCUT2D eigenvalue weighted by Crippen LogP contribution is -2.34. The first-order valence-corrected chi connectivity index (χ1v) is 4.90. The van der Waals surface area contributed by atoms with E-state index in [0.717, 1.165) is 5.56 Å². The number of phenols is 1.